The third kappa shape index (κ3) is 2.96. The van der Waals surface area contributed by atoms with E-state index in [0.717, 1.165) is 26.1 Å². The molecule has 0 bridgehead atoms. The van der Waals surface area contributed by atoms with Crippen molar-refractivity contribution in [1.82, 2.24) is 10.2 Å². The Morgan fingerprint density at radius 2 is 2.14 bits per heavy atom. The van der Waals surface area contributed by atoms with Crippen LogP contribution in [-0.4, -0.2) is 42.5 Å². The molecule has 1 aliphatic heterocycles. The summed E-state index contributed by atoms with van der Waals surface area (Å²) in [5, 5.41) is 2.79. The van der Waals surface area contributed by atoms with Crippen LogP contribution in [0.15, 0.2) is 0 Å². The Bertz CT molecular complexity index is 200. The minimum atomic E-state index is 0.0151. The fourth-order valence-electron chi connectivity index (χ4n) is 1.77. The number of nitrogens with one attached hydrogen (secondary N) is 1. The summed E-state index contributed by atoms with van der Waals surface area (Å²) < 4.78 is 0. The number of hydrogen-bond donors (Lipinski definition) is 2. The van der Waals surface area contributed by atoms with Crippen LogP contribution in [0.4, 0.5) is 0 Å². The fourth-order valence-corrected chi connectivity index (χ4v) is 1.77. The molecule has 1 fully saturated rings. The largest absolute Gasteiger partial charge is 0.356 e. The van der Waals surface area contributed by atoms with Gasteiger partial charge in [-0.2, -0.15) is 0 Å². The Balaban J connectivity index is 2.09. The molecule has 14 heavy (non-hydrogen) atoms. The first-order valence-corrected chi connectivity index (χ1v) is 5.37. The second kappa shape index (κ2) is 4.75. The van der Waals surface area contributed by atoms with E-state index >= 15 is 0 Å². The van der Waals surface area contributed by atoms with Crippen molar-refractivity contribution in [1.29, 1.82) is 0 Å². The van der Waals surface area contributed by atoms with E-state index in [-0.39, 0.29) is 11.4 Å². The van der Waals surface area contributed by atoms with Gasteiger partial charge in [0.25, 0.3) is 0 Å². The van der Waals surface area contributed by atoms with Gasteiger partial charge in [-0.3, -0.25) is 9.69 Å². The van der Waals surface area contributed by atoms with Crippen LogP contribution < -0.4 is 11.1 Å². The van der Waals surface area contributed by atoms with Gasteiger partial charge in [0.1, 0.15) is 0 Å². The third-order valence-corrected chi connectivity index (χ3v) is 2.81. The Morgan fingerprint density at radius 1 is 1.50 bits per heavy atom. The Morgan fingerprint density at radius 3 is 2.64 bits per heavy atom. The van der Waals surface area contributed by atoms with E-state index in [2.05, 4.69) is 17.1 Å². The molecule has 0 spiro atoms. The van der Waals surface area contributed by atoms with Crippen LogP contribution in [-0.2, 0) is 4.79 Å². The van der Waals surface area contributed by atoms with Crippen molar-refractivity contribution >= 4 is 5.91 Å². The molecule has 0 saturated carbocycles. The first-order chi connectivity index (χ1) is 6.59. The summed E-state index contributed by atoms with van der Waals surface area (Å²) in [7, 11) is 0. The highest BCUT2D eigenvalue weighted by Crippen LogP contribution is 2.20. The molecule has 4 nitrogen and oxygen atoms in total. The van der Waals surface area contributed by atoms with Crippen molar-refractivity contribution in [2.75, 3.05) is 26.2 Å². The van der Waals surface area contributed by atoms with Gasteiger partial charge in [-0.25, -0.2) is 0 Å². The number of carbonyl (C=O) groups excluding carboxylic acids is 1. The molecule has 0 aromatic rings. The van der Waals surface area contributed by atoms with Crippen molar-refractivity contribution in [3.63, 3.8) is 0 Å². The predicted molar refractivity (Wildman–Crippen MR) is 57.0 cm³/mol. The first kappa shape index (κ1) is 11.5. The molecule has 0 aromatic heterocycles. The van der Waals surface area contributed by atoms with Crippen molar-refractivity contribution in [3.8, 4) is 0 Å². The third-order valence-electron chi connectivity index (χ3n) is 2.81. The lowest BCUT2D eigenvalue weighted by Crippen LogP contribution is -2.67. The number of hydrogen-bond acceptors (Lipinski definition) is 3. The Kier molecular flexibility index (Phi) is 3.89. The number of rotatable bonds is 5. The van der Waals surface area contributed by atoms with Crippen LogP contribution in [0.5, 0.6) is 0 Å². The minimum absolute atomic E-state index is 0.0151. The van der Waals surface area contributed by atoms with Crippen molar-refractivity contribution in [3.05, 3.63) is 0 Å². The van der Waals surface area contributed by atoms with E-state index in [0.29, 0.717) is 13.0 Å². The van der Waals surface area contributed by atoms with Gasteiger partial charge < -0.3 is 11.1 Å². The second-order valence-electron chi connectivity index (χ2n) is 4.13. The zero-order valence-electron chi connectivity index (χ0n) is 9.18. The van der Waals surface area contributed by atoms with Crippen LogP contribution >= 0.6 is 0 Å². The number of nitrogens with zero attached hydrogens (tertiary/aromatic N) is 1. The quantitative estimate of drug-likeness (QED) is 0.652. The number of likely N-dealkylation sites (tertiary alicyclic amines) is 1. The first-order valence-electron chi connectivity index (χ1n) is 5.37. The molecule has 0 atom stereocenters. The van der Waals surface area contributed by atoms with E-state index < -0.39 is 0 Å². The molecule has 1 aliphatic rings. The summed E-state index contributed by atoms with van der Waals surface area (Å²) in [6.45, 7) is 7.47. The van der Waals surface area contributed by atoms with Gasteiger partial charge in [-0.15, -0.1) is 0 Å². The van der Waals surface area contributed by atoms with Crippen LogP contribution in [0.1, 0.15) is 26.7 Å². The highest BCUT2D eigenvalue weighted by atomic mass is 16.1. The Hall–Kier alpha value is -0.610. The number of nitrogens with two attached hydrogens (primary N) is 1. The van der Waals surface area contributed by atoms with Gasteiger partial charge in [-0.05, 0) is 13.3 Å². The van der Waals surface area contributed by atoms with E-state index in [4.69, 9.17) is 5.73 Å². The van der Waals surface area contributed by atoms with E-state index in [1.807, 2.05) is 6.92 Å². The standard InChI is InChI=1S/C10H21N3O/c1-3-10(11)7-13(8-10)6-5-9(14)12-4-2/h3-8,11H2,1-2H3,(H,12,14). The SMILES string of the molecule is CCNC(=O)CCN1CC(N)(CC)C1. The molecular formula is C10H21N3O. The van der Waals surface area contributed by atoms with E-state index in [1.165, 1.54) is 0 Å². The Labute approximate surface area is 85.8 Å². The fraction of sp³-hybridized carbons (Fsp3) is 0.900. The lowest BCUT2D eigenvalue weighted by atomic mass is 9.88. The molecule has 0 aliphatic carbocycles. The molecule has 0 radical (unpaired) electrons. The van der Waals surface area contributed by atoms with Gasteiger partial charge in [0.05, 0.1) is 0 Å². The average Bonchev–Trinajstić information content (AvgIpc) is 2.11. The molecular weight excluding hydrogens is 178 g/mol. The van der Waals surface area contributed by atoms with Crippen LogP contribution in [0, 0.1) is 0 Å². The summed E-state index contributed by atoms with van der Waals surface area (Å²) in [6.07, 6.45) is 1.61. The normalized spacial score (nSPS) is 20.2. The van der Waals surface area contributed by atoms with E-state index in [1.54, 1.807) is 0 Å². The summed E-state index contributed by atoms with van der Waals surface area (Å²) in [5.41, 5.74) is 6.03. The highest BCUT2D eigenvalue weighted by molar-refractivity contribution is 5.75. The molecule has 1 heterocycles. The predicted octanol–water partition coefficient (Wildman–Crippen LogP) is -0.0643. The van der Waals surface area contributed by atoms with Crippen molar-refractivity contribution < 1.29 is 4.79 Å². The lowest BCUT2D eigenvalue weighted by molar-refractivity contribution is -0.121. The summed E-state index contributed by atoms with van der Waals surface area (Å²) in [6, 6.07) is 0. The molecule has 0 aromatic carbocycles. The summed E-state index contributed by atoms with van der Waals surface area (Å²) >= 11 is 0. The molecule has 4 heteroatoms. The van der Waals surface area contributed by atoms with Gasteiger partial charge >= 0.3 is 0 Å². The minimum Gasteiger partial charge on any atom is -0.356 e. The zero-order valence-corrected chi connectivity index (χ0v) is 9.18. The molecule has 0 unspecified atom stereocenters. The lowest BCUT2D eigenvalue weighted by Gasteiger charge is -2.47. The van der Waals surface area contributed by atoms with Gasteiger partial charge in [0, 0.05) is 38.1 Å². The second-order valence-corrected chi connectivity index (χ2v) is 4.13. The van der Waals surface area contributed by atoms with Crippen LogP contribution in [0.25, 0.3) is 0 Å². The van der Waals surface area contributed by atoms with Gasteiger partial charge in [0.15, 0.2) is 0 Å². The topological polar surface area (TPSA) is 58.4 Å². The number of amides is 1. The smallest absolute Gasteiger partial charge is 0.221 e. The summed E-state index contributed by atoms with van der Waals surface area (Å²) in [5.74, 6) is 0.138. The van der Waals surface area contributed by atoms with Gasteiger partial charge in [-0.1, -0.05) is 6.92 Å². The monoisotopic (exact) mass is 199 g/mol. The maximum atomic E-state index is 11.1. The maximum absolute atomic E-state index is 11.1. The number of carbonyl (C=O) groups is 1. The summed E-state index contributed by atoms with van der Waals surface area (Å²) in [4.78, 5) is 13.4. The maximum Gasteiger partial charge on any atom is 0.221 e. The molecule has 3 N–H and O–H groups in total. The molecule has 1 rings (SSSR count). The highest BCUT2D eigenvalue weighted by Gasteiger charge is 2.37. The molecule has 1 saturated heterocycles. The van der Waals surface area contributed by atoms with E-state index in [9.17, 15) is 4.79 Å². The van der Waals surface area contributed by atoms with Crippen molar-refractivity contribution in [2.24, 2.45) is 5.73 Å². The molecule has 82 valence electrons. The zero-order chi connectivity index (χ0) is 10.6. The molecule has 1 amide bonds. The van der Waals surface area contributed by atoms with Crippen LogP contribution in [0.2, 0.25) is 0 Å². The average molecular weight is 199 g/mol. The van der Waals surface area contributed by atoms with Crippen LogP contribution in [0.3, 0.4) is 0 Å². The van der Waals surface area contributed by atoms with Gasteiger partial charge in [0.2, 0.25) is 5.91 Å². The van der Waals surface area contributed by atoms with Crippen molar-refractivity contribution in [2.45, 2.75) is 32.2 Å².